The fourth-order valence-electron chi connectivity index (χ4n) is 2.13. The minimum atomic E-state index is -0.762. The summed E-state index contributed by atoms with van der Waals surface area (Å²) >= 11 is 0. The molecule has 0 fully saturated rings. The second-order valence-electron chi connectivity index (χ2n) is 5.15. The molecule has 25 heavy (non-hydrogen) atoms. The van der Waals surface area contributed by atoms with Crippen molar-refractivity contribution in [3.05, 3.63) is 60.2 Å². The van der Waals surface area contributed by atoms with E-state index < -0.39 is 11.8 Å². The number of anilines is 1. The number of carbonyl (C=O) groups is 2. The molecule has 1 aromatic carbocycles. The van der Waals surface area contributed by atoms with Gasteiger partial charge in [0.25, 0.3) is 0 Å². The number of tetrazole rings is 1. The van der Waals surface area contributed by atoms with Gasteiger partial charge in [0, 0.05) is 11.9 Å². The Morgan fingerprint density at radius 1 is 1.12 bits per heavy atom. The molecule has 0 bridgehead atoms. The average molecular weight is 337 g/mol. The molecule has 0 aliphatic carbocycles. The van der Waals surface area contributed by atoms with Crippen molar-refractivity contribution in [2.75, 3.05) is 5.32 Å². The molecule has 2 aromatic heterocycles. The molecule has 0 atom stereocenters. The molecule has 0 aliphatic heterocycles. The van der Waals surface area contributed by atoms with Crippen LogP contribution in [0.2, 0.25) is 0 Å². The highest BCUT2D eigenvalue weighted by molar-refractivity contribution is 6.39. The maximum Gasteiger partial charge on any atom is 0.313 e. The molecule has 3 rings (SSSR count). The summed E-state index contributed by atoms with van der Waals surface area (Å²) in [6.45, 7) is 1.94. The number of benzene rings is 1. The van der Waals surface area contributed by atoms with E-state index in [2.05, 4.69) is 31.1 Å². The van der Waals surface area contributed by atoms with Gasteiger partial charge in [0.05, 0.1) is 17.9 Å². The third kappa shape index (κ3) is 4.02. The molecule has 2 amide bonds. The average Bonchev–Trinajstić information content (AvgIpc) is 3.06. The van der Waals surface area contributed by atoms with Crippen molar-refractivity contribution >= 4 is 17.5 Å². The molecule has 2 N–H and O–H groups in total. The molecule has 0 saturated carbocycles. The number of hydrogen-bond donors (Lipinski definition) is 2. The van der Waals surface area contributed by atoms with Gasteiger partial charge in [0.2, 0.25) is 0 Å². The van der Waals surface area contributed by atoms with E-state index in [0.717, 1.165) is 0 Å². The number of rotatable bonds is 4. The van der Waals surface area contributed by atoms with Crippen LogP contribution in [0.5, 0.6) is 0 Å². The monoisotopic (exact) mass is 337 g/mol. The van der Waals surface area contributed by atoms with Crippen molar-refractivity contribution < 1.29 is 9.59 Å². The smallest absolute Gasteiger partial charge is 0.313 e. The Balaban J connectivity index is 1.63. The Bertz CT molecular complexity index is 892. The number of carbonyl (C=O) groups excluding carboxylic acids is 2. The number of amides is 2. The van der Waals surface area contributed by atoms with E-state index in [9.17, 15) is 9.59 Å². The van der Waals surface area contributed by atoms with E-state index >= 15 is 0 Å². The van der Waals surface area contributed by atoms with Crippen LogP contribution in [0.4, 0.5) is 5.69 Å². The molecule has 0 spiro atoms. The maximum atomic E-state index is 12.0. The van der Waals surface area contributed by atoms with Crippen LogP contribution in [-0.4, -0.2) is 37.0 Å². The largest absolute Gasteiger partial charge is 0.342 e. The minimum Gasteiger partial charge on any atom is -0.342 e. The zero-order chi connectivity index (χ0) is 17.6. The molecule has 0 saturated heterocycles. The number of nitrogens with zero attached hydrogens (tertiary/aromatic N) is 5. The Labute approximate surface area is 143 Å². The lowest BCUT2D eigenvalue weighted by Crippen LogP contribution is -2.35. The highest BCUT2D eigenvalue weighted by atomic mass is 16.2. The summed E-state index contributed by atoms with van der Waals surface area (Å²) in [6.07, 6.45) is 1.62. The molecule has 0 aliphatic rings. The normalized spacial score (nSPS) is 10.3. The van der Waals surface area contributed by atoms with Gasteiger partial charge in [-0.25, -0.2) is 0 Å². The first kappa shape index (κ1) is 16.2. The highest BCUT2D eigenvalue weighted by Gasteiger charge is 2.14. The quantitative estimate of drug-likeness (QED) is 0.675. The summed E-state index contributed by atoms with van der Waals surface area (Å²) in [4.78, 5) is 28.0. The number of aromatic nitrogens is 5. The Morgan fingerprint density at radius 3 is 2.72 bits per heavy atom. The summed E-state index contributed by atoms with van der Waals surface area (Å²) < 4.78 is 1.52. The summed E-state index contributed by atoms with van der Waals surface area (Å²) in [6, 6.07) is 12.2. The van der Waals surface area contributed by atoms with Crippen LogP contribution in [0.1, 0.15) is 11.5 Å². The van der Waals surface area contributed by atoms with Crippen molar-refractivity contribution in [1.29, 1.82) is 0 Å². The summed E-state index contributed by atoms with van der Waals surface area (Å²) in [5.74, 6) is -0.896. The topological polar surface area (TPSA) is 115 Å². The molecule has 9 heteroatoms. The lowest BCUT2D eigenvalue weighted by molar-refractivity contribution is -0.136. The maximum absolute atomic E-state index is 12.0. The third-order valence-electron chi connectivity index (χ3n) is 3.34. The van der Waals surface area contributed by atoms with Crippen LogP contribution in [0, 0.1) is 6.92 Å². The second-order valence-corrected chi connectivity index (χ2v) is 5.15. The van der Waals surface area contributed by atoms with Crippen LogP contribution in [0.3, 0.4) is 0 Å². The van der Waals surface area contributed by atoms with E-state index in [4.69, 9.17) is 0 Å². The molecule has 2 heterocycles. The Kier molecular flexibility index (Phi) is 4.74. The second kappa shape index (κ2) is 7.30. The lowest BCUT2D eigenvalue weighted by Gasteiger charge is -2.08. The SMILES string of the molecule is Cc1nnnn1-c1cccc(NC(=O)C(=O)NCc2ccccn2)c1. The Hall–Kier alpha value is -3.62. The van der Waals surface area contributed by atoms with E-state index in [1.807, 2.05) is 0 Å². The Morgan fingerprint density at radius 2 is 2.00 bits per heavy atom. The first-order chi connectivity index (χ1) is 12.1. The molecule has 0 radical (unpaired) electrons. The number of nitrogens with one attached hydrogen (secondary N) is 2. The standard InChI is InChI=1S/C16H15N7O2/c1-11-20-21-22-23(11)14-7-4-6-12(9-14)19-16(25)15(24)18-10-13-5-2-3-8-17-13/h2-9H,10H2,1H3,(H,18,24)(H,19,25). The molecule has 0 unspecified atom stereocenters. The van der Waals surface area contributed by atoms with Gasteiger partial charge in [-0.15, -0.1) is 5.10 Å². The van der Waals surface area contributed by atoms with Gasteiger partial charge in [0.1, 0.15) is 0 Å². The van der Waals surface area contributed by atoms with Crippen LogP contribution in [0.15, 0.2) is 48.7 Å². The zero-order valence-corrected chi connectivity index (χ0v) is 13.4. The first-order valence-electron chi connectivity index (χ1n) is 7.48. The number of hydrogen-bond acceptors (Lipinski definition) is 6. The summed E-state index contributed by atoms with van der Waals surface area (Å²) in [7, 11) is 0. The molecular formula is C16H15N7O2. The van der Waals surface area contributed by atoms with Gasteiger partial charge in [-0.05, 0) is 47.7 Å². The predicted molar refractivity (Wildman–Crippen MR) is 88.6 cm³/mol. The van der Waals surface area contributed by atoms with E-state index in [0.29, 0.717) is 22.9 Å². The van der Waals surface area contributed by atoms with E-state index in [1.54, 1.807) is 55.6 Å². The third-order valence-corrected chi connectivity index (χ3v) is 3.34. The van der Waals surface area contributed by atoms with Crippen molar-refractivity contribution in [1.82, 2.24) is 30.5 Å². The molecule has 126 valence electrons. The van der Waals surface area contributed by atoms with Crippen LogP contribution >= 0.6 is 0 Å². The van der Waals surface area contributed by atoms with Crippen LogP contribution in [-0.2, 0) is 16.1 Å². The van der Waals surface area contributed by atoms with E-state index in [-0.39, 0.29) is 6.54 Å². The molecular weight excluding hydrogens is 322 g/mol. The number of pyridine rings is 1. The zero-order valence-electron chi connectivity index (χ0n) is 13.4. The van der Waals surface area contributed by atoms with Gasteiger partial charge in [-0.1, -0.05) is 12.1 Å². The summed E-state index contributed by atoms with van der Waals surface area (Å²) in [5.41, 5.74) is 1.80. The fourth-order valence-corrected chi connectivity index (χ4v) is 2.13. The van der Waals surface area contributed by atoms with Gasteiger partial charge in [-0.3, -0.25) is 14.6 Å². The van der Waals surface area contributed by atoms with Crippen molar-refractivity contribution in [2.45, 2.75) is 13.5 Å². The van der Waals surface area contributed by atoms with Gasteiger partial charge in [0.15, 0.2) is 5.82 Å². The minimum absolute atomic E-state index is 0.178. The van der Waals surface area contributed by atoms with Crippen molar-refractivity contribution in [3.8, 4) is 5.69 Å². The van der Waals surface area contributed by atoms with Gasteiger partial charge in [-0.2, -0.15) is 4.68 Å². The first-order valence-corrected chi connectivity index (χ1v) is 7.48. The van der Waals surface area contributed by atoms with Gasteiger partial charge < -0.3 is 10.6 Å². The van der Waals surface area contributed by atoms with Crippen LogP contribution in [0.25, 0.3) is 5.69 Å². The highest BCUT2D eigenvalue weighted by Crippen LogP contribution is 2.14. The number of aryl methyl sites for hydroxylation is 1. The van der Waals surface area contributed by atoms with Crippen molar-refractivity contribution in [2.24, 2.45) is 0 Å². The van der Waals surface area contributed by atoms with Crippen molar-refractivity contribution in [3.63, 3.8) is 0 Å². The summed E-state index contributed by atoms with van der Waals surface area (Å²) in [5, 5.41) is 16.3. The van der Waals surface area contributed by atoms with Crippen LogP contribution < -0.4 is 10.6 Å². The van der Waals surface area contributed by atoms with Gasteiger partial charge >= 0.3 is 11.8 Å². The lowest BCUT2D eigenvalue weighted by atomic mass is 10.2. The molecule has 3 aromatic rings. The predicted octanol–water partition coefficient (Wildman–Crippen LogP) is 0.621. The molecule has 9 nitrogen and oxygen atoms in total. The van der Waals surface area contributed by atoms with E-state index in [1.165, 1.54) is 4.68 Å². The fraction of sp³-hybridized carbons (Fsp3) is 0.125.